The lowest BCUT2D eigenvalue weighted by molar-refractivity contribution is -0.385. The number of hydrogen-bond donors (Lipinski definition) is 0. The Labute approximate surface area is 135 Å². The monoisotopic (exact) mass is 322 g/mol. The molecule has 1 aliphatic rings. The molecule has 1 saturated heterocycles. The lowest BCUT2D eigenvalue weighted by atomic mass is 9.98. The minimum Gasteiger partial charge on any atom is -0.493 e. The number of ether oxygens (including phenoxy) is 2. The number of likely N-dealkylation sites (tertiary alicyclic amines) is 1. The maximum absolute atomic E-state index is 12.7. The molecule has 1 aromatic carbocycles. The van der Waals surface area contributed by atoms with Crippen molar-refractivity contribution in [2.24, 2.45) is 5.92 Å². The average Bonchev–Trinajstić information content (AvgIpc) is 2.54. The van der Waals surface area contributed by atoms with Gasteiger partial charge >= 0.3 is 0 Å². The Balaban J connectivity index is 2.39. The van der Waals surface area contributed by atoms with Gasteiger partial charge < -0.3 is 14.4 Å². The average molecular weight is 322 g/mol. The number of nitro benzene ring substituents is 1. The highest BCUT2D eigenvalue weighted by Gasteiger charge is 2.29. The van der Waals surface area contributed by atoms with Crippen LogP contribution in [0, 0.1) is 16.0 Å². The van der Waals surface area contributed by atoms with Crippen LogP contribution in [0.4, 0.5) is 5.69 Å². The fraction of sp³-hybridized carbons (Fsp3) is 0.562. The van der Waals surface area contributed by atoms with E-state index in [9.17, 15) is 14.9 Å². The third kappa shape index (κ3) is 3.72. The molecule has 23 heavy (non-hydrogen) atoms. The summed E-state index contributed by atoms with van der Waals surface area (Å²) in [6.07, 6.45) is 1.82. The summed E-state index contributed by atoms with van der Waals surface area (Å²) in [5, 5.41) is 11.4. The van der Waals surface area contributed by atoms with E-state index < -0.39 is 4.92 Å². The topological polar surface area (TPSA) is 81.9 Å². The van der Waals surface area contributed by atoms with Crippen molar-refractivity contribution < 1.29 is 19.2 Å². The van der Waals surface area contributed by atoms with E-state index in [1.807, 2.05) is 0 Å². The molecule has 0 atom stereocenters. The molecule has 0 spiro atoms. The number of carbonyl (C=O) groups is 1. The summed E-state index contributed by atoms with van der Waals surface area (Å²) in [5.41, 5.74) is -0.206. The van der Waals surface area contributed by atoms with E-state index in [0.29, 0.717) is 31.4 Å². The van der Waals surface area contributed by atoms with E-state index in [2.05, 4.69) is 6.92 Å². The molecule has 1 aromatic rings. The van der Waals surface area contributed by atoms with Gasteiger partial charge in [0.25, 0.3) is 11.6 Å². The molecule has 0 radical (unpaired) electrons. The number of benzene rings is 1. The van der Waals surface area contributed by atoms with Crippen molar-refractivity contribution in [2.75, 3.05) is 26.8 Å². The van der Waals surface area contributed by atoms with Crippen molar-refractivity contribution in [1.82, 2.24) is 4.90 Å². The summed E-state index contributed by atoms with van der Waals surface area (Å²) < 4.78 is 10.6. The van der Waals surface area contributed by atoms with Crippen LogP contribution in [0.2, 0.25) is 0 Å². The predicted octanol–water partition coefficient (Wildman–Crippen LogP) is 2.87. The maximum atomic E-state index is 12.7. The van der Waals surface area contributed by atoms with Crippen LogP contribution < -0.4 is 9.47 Å². The number of carbonyl (C=O) groups excluding carboxylic acids is 1. The van der Waals surface area contributed by atoms with E-state index in [0.717, 1.165) is 12.8 Å². The summed E-state index contributed by atoms with van der Waals surface area (Å²) in [6.45, 7) is 5.51. The van der Waals surface area contributed by atoms with E-state index in [-0.39, 0.29) is 22.9 Å². The van der Waals surface area contributed by atoms with Crippen molar-refractivity contribution >= 4 is 11.6 Å². The standard InChI is InChI=1S/C16H22N2O5/c1-4-23-15-10-13(18(20)21)12(9-14(15)22-3)16(19)17-7-5-11(2)6-8-17/h9-11H,4-8H2,1-3H3. The largest absolute Gasteiger partial charge is 0.493 e. The van der Waals surface area contributed by atoms with Gasteiger partial charge in [0.05, 0.1) is 24.7 Å². The molecule has 7 heteroatoms. The highest BCUT2D eigenvalue weighted by molar-refractivity contribution is 5.99. The lowest BCUT2D eigenvalue weighted by Crippen LogP contribution is -2.38. The quantitative estimate of drug-likeness (QED) is 0.615. The molecule has 0 saturated carbocycles. The van der Waals surface area contributed by atoms with Crippen LogP contribution in [-0.2, 0) is 0 Å². The molecule has 1 fully saturated rings. The van der Waals surface area contributed by atoms with E-state index in [4.69, 9.17) is 9.47 Å². The molecule has 1 aliphatic heterocycles. The van der Waals surface area contributed by atoms with Gasteiger partial charge in [-0.05, 0) is 25.7 Å². The Morgan fingerprint density at radius 3 is 2.52 bits per heavy atom. The van der Waals surface area contributed by atoms with Gasteiger partial charge in [-0.1, -0.05) is 6.92 Å². The Morgan fingerprint density at radius 1 is 1.35 bits per heavy atom. The second-order valence-electron chi connectivity index (χ2n) is 5.69. The molecular weight excluding hydrogens is 300 g/mol. The first-order valence-corrected chi connectivity index (χ1v) is 7.76. The first-order valence-electron chi connectivity index (χ1n) is 7.76. The smallest absolute Gasteiger partial charge is 0.286 e. The van der Waals surface area contributed by atoms with Gasteiger partial charge in [0.15, 0.2) is 11.5 Å². The number of nitro groups is 1. The van der Waals surface area contributed by atoms with Crippen LogP contribution in [0.3, 0.4) is 0 Å². The zero-order chi connectivity index (χ0) is 17.0. The van der Waals surface area contributed by atoms with Crippen molar-refractivity contribution in [1.29, 1.82) is 0 Å². The number of amides is 1. The van der Waals surface area contributed by atoms with E-state index in [1.165, 1.54) is 19.2 Å². The Hall–Kier alpha value is -2.31. The number of nitrogens with zero attached hydrogens (tertiary/aromatic N) is 2. The van der Waals surface area contributed by atoms with Crippen molar-refractivity contribution in [3.8, 4) is 11.5 Å². The first-order chi connectivity index (χ1) is 11.0. The lowest BCUT2D eigenvalue weighted by Gasteiger charge is -2.30. The number of piperidine rings is 1. The van der Waals surface area contributed by atoms with Crippen LogP contribution >= 0.6 is 0 Å². The van der Waals surface area contributed by atoms with Gasteiger partial charge in [0, 0.05) is 19.2 Å². The maximum Gasteiger partial charge on any atom is 0.286 e. The van der Waals surface area contributed by atoms with Gasteiger partial charge in [0.2, 0.25) is 0 Å². The summed E-state index contributed by atoms with van der Waals surface area (Å²) in [7, 11) is 1.44. The van der Waals surface area contributed by atoms with Crippen molar-refractivity contribution in [3.05, 3.63) is 27.8 Å². The highest BCUT2D eigenvalue weighted by atomic mass is 16.6. The third-order valence-corrected chi connectivity index (χ3v) is 4.08. The number of rotatable bonds is 5. The van der Waals surface area contributed by atoms with E-state index >= 15 is 0 Å². The van der Waals surface area contributed by atoms with Crippen LogP contribution in [0.25, 0.3) is 0 Å². The zero-order valence-electron chi connectivity index (χ0n) is 13.7. The van der Waals surface area contributed by atoms with Crippen LogP contribution in [-0.4, -0.2) is 42.5 Å². The zero-order valence-corrected chi connectivity index (χ0v) is 13.7. The van der Waals surface area contributed by atoms with Crippen molar-refractivity contribution in [3.63, 3.8) is 0 Å². The normalized spacial score (nSPS) is 15.3. The highest BCUT2D eigenvalue weighted by Crippen LogP contribution is 2.35. The Kier molecular flexibility index (Phi) is 5.41. The molecule has 0 bridgehead atoms. The van der Waals surface area contributed by atoms with Crippen molar-refractivity contribution in [2.45, 2.75) is 26.7 Å². The second-order valence-corrected chi connectivity index (χ2v) is 5.69. The summed E-state index contributed by atoms with van der Waals surface area (Å²) >= 11 is 0. The number of methoxy groups -OCH3 is 1. The third-order valence-electron chi connectivity index (χ3n) is 4.08. The fourth-order valence-electron chi connectivity index (χ4n) is 2.68. The van der Waals surface area contributed by atoms with E-state index in [1.54, 1.807) is 11.8 Å². The SMILES string of the molecule is CCOc1cc([N+](=O)[O-])c(C(=O)N2CCC(C)CC2)cc1OC. The predicted molar refractivity (Wildman–Crippen MR) is 85.1 cm³/mol. The molecule has 0 aliphatic carbocycles. The molecule has 1 heterocycles. The summed E-state index contributed by atoms with van der Waals surface area (Å²) in [5.74, 6) is 0.838. The van der Waals surface area contributed by atoms with Crippen LogP contribution in [0.5, 0.6) is 11.5 Å². The van der Waals surface area contributed by atoms with Crippen LogP contribution in [0.15, 0.2) is 12.1 Å². The molecule has 126 valence electrons. The molecular formula is C16H22N2O5. The molecule has 0 aromatic heterocycles. The Bertz CT molecular complexity index is 594. The van der Waals surface area contributed by atoms with Gasteiger partial charge in [-0.2, -0.15) is 0 Å². The molecule has 7 nitrogen and oxygen atoms in total. The van der Waals surface area contributed by atoms with Gasteiger partial charge in [-0.15, -0.1) is 0 Å². The summed E-state index contributed by atoms with van der Waals surface area (Å²) in [4.78, 5) is 25.2. The minimum atomic E-state index is -0.554. The van der Waals surface area contributed by atoms with Gasteiger partial charge in [0.1, 0.15) is 5.56 Å². The van der Waals surface area contributed by atoms with Crippen LogP contribution in [0.1, 0.15) is 37.0 Å². The van der Waals surface area contributed by atoms with Gasteiger partial charge in [-0.3, -0.25) is 14.9 Å². The summed E-state index contributed by atoms with van der Waals surface area (Å²) in [6, 6.07) is 2.67. The fourth-order valence-corrected chi connectivity index (χ4v) is 2.68. The number of hydrogen-bond acceptors (Lipinski definition) is 5. The molecule has 0 unspecified atom stereocenters. The van der Waals surface area contributed by atoms with Gasteiger partial charge in [-0.25, -0.2) is 0 Å². The molecule has 1 amide bonds. The minimum absolute atomic E-state index is 0.0462. The Morgan fingerprint density at radius 2 is 2.00 bits per heavy atom. The second kappa shape index (κ2) is 7.30. The molecule has 0 N–H and O–H groups in total. The molecule has 2 rings (SSSR count). The first kappa shape index (κ1) is 17.1.